The Morgan fingerprint density at radius 3 is 2.59 bits per heavy atom. The first-order valence-corrected chi connectivity index (χ1v) is 5.59. The van der Waals surface area contributed by atoms with E-state index in [0.29, 0.717) is 0 Å². The van der Waals surface area contributed by atoms with Crippen LogP contribution in [0.2, 0.25) is 0 Å². The van der Waals surface area contributed by atoms with E-state index in [1.165, 1.54) is 5.39 Å². The minimum Gasteiger partial charge on any atom is -0.272 e. The molecule has 3 heteroatoms. The van der Waals surface area contributed by atoms with Crippen LogP contribution < -0.4 is 0 Å². The van der Waals surface area contributed by atoms with Crippen LogP contribution in [0, 0.1) is 6.92 Å². The molecule has 0 atom stereocenters. The lowest BCUT2D eigenvalue weighted by atomic mass is 10.0. The smallest absolute Gasteiger partial charge is 0.0571 e. The Hall–Kier alpha value is -2.16. The maximum Gasteiger partial charge on any atom is 0.0571 e. The molecule has 84 valence electrons. The van der Waals surface area contributed by atoms with Crippen molar-refractivity contribution in [1.82, 2.24) is 14.8 Å². The molecule has 2 heterocycles. The van der Waals surface area contributed by atoms with E-state index in [-0.39, 0.29) is 0 Å². The van der Waals surface area contributed by atoms with Gasteiger partial charge in [0.15, 0.2) is 0 Å². The number of aromatic nitrogens is 3. The molecule has 17 heavy (non-hydrogen) atoms. The monoisotopic (exact) mass is 223 g/mol. The van der Waals surface area contributed by atoms with Crippen LogP contribution in [0.3, 0.4) is 0 Å². The predicted molar refractivity (Wildman–Crippen MR) is 68.7 cm³/mol. The molecule has 0 radical (unpaired) electrons. The zero-order valence-corrected chi connectivity index (χ0v) is 9.88. The molecular weight excluding hydrogens is 210 g/mol. The summed E-state index contributed by atoms with van der Waals surface area (Å²) in [6, 6.07) is 8.29. The number of rotatable bonds is 1. The highest BCUT2D eigenvalue weighted by molar-refractivity contribution is 5.96. The van der Waals surface area contributed by atoms with Gasteiger partial charge in [-0.25, -0.2) is 0 Å². The number of pyridine rings is 1. The lowest BCUT2D eigenvalue weighted by Crippen LogP contribution is -1.93. The third-order valence-electron chi connectivity index (χ3n) is 3.19. The van der Waals surface area contributed by atoms with Crippen molar-refractivity contribution in [3.05, 3.63) is 48.5 Å². The standard InChI is InChI=1S/C14H13N3/c1-10-13(9-16-17(10)2)14-8-15-7-11-5-3-4-6-12(11)14/h3-9H,1-2H3. The van der Waals surface area contributed by atoms with E-state index in [1.807, 2.05) is 36.4 Å². The van der Waals surface area contributed by atoms with Gasteiger partial charge >= 0.3 is 0 Å². The summed E-state index contributed by atoms with van der Waals surface area (Å²) in [5, 5.41) is 6.67. The fourth-order valence-electron chi connectivity index (χ4n) is 2.09. The first-order valence-electron chi connectivity index (χ1n) is 5.59. The van der Waals surface area contributed by atoms with E-state index in [0.717, 1.165) is 22.2 Å². The molecule has 3 rings (SSSR count). The molecule has 0 saturated heterocycles. The topological polar surface area (TPSA) is 30.7 Å². The van der Waals surface area contributed by atoms with Crippen LogP contribution in [-0.4, -0.2) is 14.8 Å². The van der Waals surface area contributed by atoms with E-state index >= 15 is 0 Å². The zero-order valence-electron chi connectivity index (χ0n) is 9.88. The molecule has 0 spiro atoms. The summed E-state index contributed by atoms with van der Waals surface area (Å²) >= 11 is 0. The average molecular weight is 223 g/mol. The fraction of sp³-hybridized carbons (Fsp3) is 0.143. The molecule has 0 aliphatic carbocycles. The van der Waals surface area contributed by atoms with E-state index in [4.69, 9.17) is 0 Å². The van der Waals surface area contributed by atoms with Crippen LogP contribution in [0.15, 0.2) is 42.9 Å². The molecule has 0 bridgehead atoms. The molecule has 0 amide bonds. The maximum atomic E-state index is 4.30. The maximum absolute atomic E-state index is 4.30. The molecule has 1 aromatic carbocycles. The van der Waals surface area contributed by atoms with Crippen molar-refractivity contribution in [1.29, 1.82) is 0 Å². The number of aryl methyl sites for hydroxylation is 1. The van der Waals surface area contributed by atoms with Crippen LogP contribution in [0.1, 0.15) is 5.69 Å². The van der Waals surface area contributed by atoms with Crippen molar-refractivity contribution in [3.8, 4) is 11.1 Å². The SMILES string of the molecule is Cc1c(-c2cncc3ccccc23)cnn1C. The van der Waals surface area contributed by atoms with E-state index in [2.05, 4.69) is 35.2 Å². The van der Waals surface area contributed by atoms with Gasteiger partial charge in [0.2, 0.25) is 0 Å². The van der Waals surface area contributed by atoms with Gasteiger partial charge in [0.05, 0.1) is 6.20 Å². The third kappa shape index (κ3) is 1.51. The Labute approximate surface area is 99.7 Å². The van der Waals surface area contributed by atoms with Gasteiger partial charge in [-0.2, -0.15) is 5.10 Å². The van der Waals surface area contributed by atoms with Crippen molar-refractivity contribution in [2.24, 2.45) is 7.05 Å². The number of hydrogen-bond donors (Lipinski definition) is 0. The summed E-state index contributed by atoms with van der Waals surface area (Å²) in [4.78, 5) is 4.30. The summed E-state index contributed by atoms with van der Waals surface area (Å²) in [7, 11) is 1.96. The molecular formula is C14H13N3. The van der Waals surface area contributed by atoms with Crippen LogP contribution in [0.5, 0.6) is 0 Å². The highest BCUT2D eigenvalue weighted by Gasteiger charge is 2.09. The first-order chi connectivity index (χ1) is 8.27. The van der Waals surface area contributed by atoms with Gasteiger partial charge in [-0.1, -0.05) is 24.3 Å². The second kappa shape index (κ2) is 3.70. The van der Waals surface area contributed by atoms with Crippen LogP contribution >= 0.6 is 0 Å². The summed E-state index contributed by atoms with van der Waals surface area (Å²) in [6.07, 6.45) is 5.70. The number of nitrogens with zero attached hydrogens (tertiary/aromatic N) is 3. The van der Waals surface area contributed by atoms with Crippen molar-refractivity contribution in [3.63, 3.8) is 0 Å². The Bertz CT molecular complexity index is 678. The average Bonchev–Trinajstić information content (AvgIpc) is 2.69. The Morgan fingerprint density at radius 2 is 1.82 bits per heavy atom. The molecule has 0 unspecified atom stereocenters. The number of fused-ring (bicyclic) bond motifs is 1. The Kier molecular flexibility index (Phi) is 2.18. The molecule has 3 aromatic rings. The minimum atomic E-state index is 1.15. The highest BCUT2D eigenvalue weighted by Crippen LogP contribution is 2.29. The molecule has 2 aromatic heterocycles. The summed E-state index contributed by atoms with van der Waals surface area (Å²) < 4.78 is 1.89. The largest absolute Gasteiger partial charge is 0.272 e. The highest BCUT2D eigenvalue weighted by atomic mass is 15.3. The van der Waals surface area contributed by atoms with Gasteiger partial charge < -0.3 is 0 Å². The quantitative estimate of drug-likeness (QED) is 0.635. The lowest BCUT2D eigenvalue weighted by molar-refractivity contribution is 0.740. The minimum absolute atomic E-state index is 1.15. The van der Waals surface area contributed by atoms with Crippen molar-refractivity contribution < 1.29 is 0 Å². The zero-order chi connectivity index (χ0) is 11.8. The van der Waals surface area contributed by atoms with Gasteiger partial charge in [0, 0.05) is 41.6 Å². The second-order valence-corrected chi connectivity index (χ2v) is 4.18. The van der Waals surface area contributed by atoms with Gasteiger partial charge in [0.1, 0.15) is 0 Å². The van der Waals surface area contributed by atoms with Crippen molar-refractivity contribution >= 4 is 10.8 Å². The molecule has 0 N–H and O–H groups in total. The molecule has 0 aliphatic rings. The Balaban J connectivity index is 2.34. The van der Waals surface area contributed by atoms with E-state index in [9.17, 15) is 0 Å². The second-order valence-electron chi connectivity index (χ2n) is 4.18. The normalized spacial score (nSPS) is 10.9. The molecule has 3 nitrogen and oxygen atoms in total. The predicted octanol–water partition coefficient (Wildman–Crippen LogP) is 2.94. The summed E-state index contributed by atoms with van der Waals surface area (Å²) in [6.45, 7) is 2.07. The van der Waals surface area contributed by atoms with E-state index in [1.54, 1.807) is 0 Å². The van der Waals surface area contributed by atoms with E-state index < -0.39 is 0 Å². The Morgan fingerprint density at radius 1 is 1.00 bits per heavy atom. The number of hydrogen-bond acceptors (Lipinski definition) is 2. The van der Waals surface area contributed by atoms with Gasteiger partial charge in [-0.3, -0.25) is 9.67 Å². The summed E-state index contributed by atoms with van der Waals surface area (Å²) in [5.74, 6) is 0. The van der Waals surface area contributed by atoms with Crippen LogP contribution in [0.4, 0.5) is 0 Å². The fourth-order valence-corrected chi connectivity index (χ4v) is 2.09. The number of benzene rings is 1. The van der Waals surface area contributed by atoms with Crippen LogP contribution in [-0.2, 0) is 7.05 Å². The first kappa shape index (κ1) is 10.0. The lowest BCUT2D eigenvalue weighted by Gasteiger charge is -2.05. The van der Waals surface area contributed by atoms with Crippen LogP contribution in [0.25, 0.3) is 21.9 Å². The van der Waals surface area contributed by atoms with Crippen molar-refractivity contribution in [2.75, 3.05) is 0 Å². The van der Waals surface area contributed by atoms with Gasteiger partial charge in [-0.05, 0) is 12.3 Å². The van der Waals surface area contributed by atoms with Gasteiger partial charge in [0.25, 0.3) is 0 Å². The molecule has 0 fully saturated rings. The molecule has 0 saturated carbocycles. The molecule has 0 aliphatic heterocycles. The summed E-state index contributed by atoms with van der Waals surface area (Å²) in [5.41, 5.74) is 3.45. The third-order valence-corrected chi connectivity index (χ3v) is 3.19. The van der Waals surface area contributed by atoms with Crippen molar-refractivity contribution in [2.45, 2.75) is 6.92 Å². The van der Waals surface area contributed by atoms with Gasteiger partial charge in [-0.15, -0.1) is 0 Å².